The van der Waals surface area contributed by atoms with E-state index in [1.54, 1.807) is 11.3 Å². The normalized spacial score (nSPS) is 11.8. The van der Waals surface area contributed by atoms with Crippen molar-refractivity contribution in [2.45, 2.75) is 0 Å². The highest BCUT2D eigenvalue weighted by atomic mass is 32.1. The summed E-state index contributed by atoms with van der Waals surface area (Å²) in [5, 5.41) is 5.96. The summed E-state index contributed by atoms with van der Waals surface area (Å²) in [6, 6.07) is 10.6. The molecule has 0 atom stereocenters. The zero-order valence-electron chi connectivity index (χ0n) is 8.42. The molecule has 16 heavy (non-hydrogen) atoms. The van der Waals surface area contributed by atoms with E-state index in [0.717, 1.165) is 5.65 Å². The van der Waals surface area contributed by atoms with E-state index in [-0.39, 0.29) is 0 Å². The van der Waals surface area contributed by atoms with Gasteiger partial charge in [-0.15, -0.1) is 11.3 Å². The van der Waals surface area contributed by atoms with Crippen LogP contribution in [0, 0.1) is 0 Å². The molecule has 1 aromatic carbocycles. The molecular formula is C13H8N2S. The number of pyridine rings is 1. The molecule has 4 aromatic rings. The van der Waals surface area contributed by atoms with Crippen LogP contribution >= 0.6 is 11.3 Å². The first-order chi connectivity index (χ1) is 7.95. The fraction of sp³-hybridized carbons (Fsp3) is 0. The molecule has 76 valence electrons. The van der Waals surface area contributed by atoms with E-state index in [1.807, 2.05) is 12.4 Å². The van der Waals surface area contributed by atoms with Gasteiger partial charge in [0.1, 0.15) is 10.5 Å². The molecule has 3 heterocycles. The Bertz CT molecular complexity index is 741. The third-order valence-corrected chi connectivity index (χ3v) is 3.87. The summed E-state index contributed by atoms with van der Waals surface area (Å²) >= 11 is 1.76. The van der Waals surface area contributed by atoms with Crippen LogP contribution in [0.2, 0.25) is 0 Å². The molecule has 2 nitrogen and oxygen atoms in total. The molecule has 0 aliphatic heterocycles. The average Bonchev–Trinajstić information content (AvgIpc) is 2.98. The molecule has 0 spiro atoms. The monoisotopic (exact) mass is 224 g/mol. The van der Waals surface area contributed by atoms with Crippen LogP contribution in [-0.4, -0.2) is 9.38 Å². The number of benzene rings is 1. The quantitative estimate of drug-likeness (QED) is 0.445. The molecule has 3 heteroatoms. The van der Waals surface area contributed by atoms with Gasteiger partial charge < -0.3 is 0 Å². The summed E-state index contributed by atoms with van der Waals surface area (Å²) in [7, 11) is 0. The Morgan fingerprint density at radius 2 is 1.88 bits per heavy atom. The second kappa shape index (κ2) is 2.83. The Labute approximate surface area is 95.8 Å². The smallest absolute Gasteiger partial charge is 0.145 e. The SMILES string of the molecule is c1ccc2c(c1)c1ccsc1n1ccnc21. The second-order valence-corrected chi connectivity index (χ2v) is 4.70. The van der Waals surface area contributed by atoms with Gasteiger partial charge in [-0.25, -0.2) is 4.98 Å². The molecule has 4 rings (SSSR count). The van der Waals surface area contributed by atoms with Crippen molar-refractivity contribution in [1.29, 1.82) is 0 Å². The molecule has 0 aliphatic rings. The number of thiophene rings is 1. The highest BCUT2D eigenvalue weighted by Crippen LogP contribution is 2.31. The molecular weight excluding hydrogens is 216 g/mol. The minimum Gasteiger partial charge on any atom is -0.290 e. The average molecular weight is 224 g/mol. The summed E-state index contributed by atoms with van der Waals surface area (Å²) in [4.78, 5) is 5.72. The van der Waals surface area contributed by atoms with Crippen molar-refractivity contribution in [2.75, 3.05) is 0 Å². The molecule has 0 N–H and O–H groups in total. The van der Waals surface area contributed by atoms with E-state index >= 15 is 0 Å². The largest absolute Gasteiger partial charge is 0.290 e. The van der Waals surface area contributed by atoms with Crippen LogP contribution < -0.4 is 0 Å². The van der Waals surface area contributed by atoms with E-state index in [4.69, 9.17) is 0 Å². The minimum atomic E-state index is 1.05. The molecule has 0 aliphatic carbocycles. The van der Waals surface area contributed by atoms with Crippen LogP contribution in [0.15, 0.2) is 48.1 Å². The van der Waals surface area contributed by atoms with Gasteiger partial charge in [0.25, 0.3) is 0 Å². The number of hydrogen-bond acceptors (Lipinski definition) is 2. The van der Waals surface area contributed by atoms with Gasteiger partial charge in [-0.2, -0.15) is 0 Å². The Kier molecular flexibility index (Phi) is 1.47. The number of aromatic nitrogens is 2. The van der Waals surface area contributed by atoms with Gasteiger partial charge in [-0.1, -0.05) is 24.3 Å². The minimum absolute atomic E-state index is 1.05. The predicted molar refractivity (Wildman–Crippen MR) is 68.1 cm³/mol. The zero-order valence-corrected chi connectivity index (χ0v) is 9.24. The third-order valence-electron chi connectivity index (χ3n) is 2.96. The molecule has 3 aromatic heterocycles. The molecule has 0 fully saturated rings. The molecule has 0 unspecified atom stereocenters. The Hall–Kier alpha value is -1.87. The van der Waals surface area contributed by atoms with Gasteiger partial charge in [0.05, 0.1) is 0 Å². The molecule has 0 bridgehead atoms. The lowest BCUT2D eigenvalue weighted by atomic mass is 10.1. The van der Waals surface area contributed by atoms with Crippen LogP contribution in [0.1, 0.15) is 0 Å². The van der Waals surface area contributed by atoms with Crippen LogP contribution in [0.25, 0.3) is 26.6 Å². The maximum absolute atomic E-state index is 4.45. The van der Waals surface area contributed by atoms with Crippen LogP contribution in [0.5, 0.6) is 0 Å². The van der Waals surface area contributed by atoms with Gasteiger partial charge in [-0.3, -0.25) is 4.40 Å². The van der Waals surface area contributed by atoms with Crippen LogP contribution in [0.3, 0.4) is 0 Å². The summed E-state index contributed by atoms with van der Waals surface area (Å²) in [5.74, 6) is 0. The summed E-state index contributed by atoms with van der Waals surface area (Å²) < 4.78 is 2.17. The first kappa shape index (κ1) is 8.30. The molecule has 0 saturated heterocycles. The summed E-state index contributed by atoms with van der Waals surface area (Å²) in [6.45, 7) is 0. The Morgan fingerprint density at radius 3 is 2.81 bits per heavy atom. The van der Waals surface area contributed by atoms with E-state index in [2.05, 4.69) is 45.1 Å². The van der Waals surface area contributed by atoms with E-state index in [0.29, 0.717) is 0 Å². The van der Waals surface area contributed by atoms with Gasteiger partial charge in [-0.05, 0) is 16.8 Å². The first-order valence-electron chi connectivity index (χ1n) is 5.16. The third kappa shape index (κ3) is 0.888. The zero-order chi connectivity index (χ0) is 10.5. The maximum Gasteiger partial charge on any atom is 0.145 e. The fourth-order valence-electron chi connectivity index (χ4n) is 2.27. The van der Waals surface area contributed by atoms with Crippen molar-refractivity contribution in [2.24, 2.45) is 0 Å². The lowest BCUT2D eigenvalue weighted by Crippen LogP contribution is -1.86. The van der Waals surface area contributed by atoms with E-state index < -0.39 is 0 Å². The van der Waals surface area contributed by atoms with Crippen LogP contribution in [0.4, 0.5) is 0 Å². The lowest BCUT2D eigenvalue weighted by Gasteiger charge is -2.03. The van der Waals surface area contributed by atoms with Gasteiger partial charge in [0.15, 0.2) is 0 Å². The number of hydrogen-bond donors (Lipinski definition) is 0. The number of rotatable bonds is 0. The summed E-state index contributed by atoms with van der Waals surface area (Å²) in [5.41, 5.74) is 1.05. The van der Waals surface area contributed by atoms with Crippen molar-refractivity contribution in [3.8, 4) is 0 Å². The highest BCUT2D eigenvalue weighted by Gasteiger charge is 2.08. The topological polar surface area (TPSA) is 17.3 Å². The molecule has 0 saturated carbocycles. The van der Waals surface area contributed by atoms with Crippen molar-refractivity contribution in [3.63, 3.8) is 0 Å². The first-order valence-corrected chi connectivity index (χ1v) is 6.04. The maximum atomic E-state index is 4.45. The Balaban J connectivity index is 2.51. The highest BCUT2D eigenvalue weighted by molar-refractivity contribution is 7.17. The molecule has 0 radical (unpaired) electrons. The number of nitrogens with zero attached hydrogens (tertiary/aromatic N) is 2. The van der Waals surface area contributed by atoms with E-state index in [1.165, 1.54) is 21.0 Å². The van der Waals surface area contributed by atoms with Gasteiger partial charge in [0, 0.05) is 23.2 Å². The molecule has 0 amide bonds. The summed E-state index contributed by atoms with van der Waals surface area (Å²) in [6.07, 6.45) is 3.89. The predicted octanol–water partition coefficient (Wildman–Crippen LogP) is 3.70. The van der Waals surface area contributed by atoms with Gasteiger partial charge >= 0.3 is 0 Å². The Morgan fingerprint density at radius 1 is 1.00 bits per heavy atom. The lowest BCUT2D eigenvalue weighted by molar-refractivity contribution is 1.29. The fourth-order valence-corrected chi connectivity index (χ4v) is 3.17. The van der Waals surface area contributed by atoms with Crippen molar-refractivity contribution >= 4 is 38.0 Å². The van der Waals surface area contributed by atoms with Crippen molar-refractivity contribution < 1.29 is 0 Å². The van der Waals surface area contributed by atoms with Gasteiger partial charge in [0.2, 0.25) is 0 Å². The standard InChI is InChI=1S/C13H8N2S/c1-2-4-10-9(3-1)11-5-8-16-13(11)15-7-6-14-12(10)15/h1-8H. The van der Waals surface area contributed by atoms with Crippen molar-refractivity contribution in [3.05, 3.63) is 48.1 Å². The number of imidazole rings is 1. The van der Waals surface area contributed by atoms with Crippen LogP contribution in [-0.2, 0) is 0 Å². The second-order valence-electron chi connectivity index (χ2n) is 3.81. The number of fused-ring (bicyclic) bond motifs is 6. The van der Waals surface area contributed by atoms with E-state index in [9.17, 15) is 0 Å². The van der Waals surface area contributed by atoms with Crippen molar-refractivity contribution in [1.82, 2.24) is 9.38 Å².